The molecule has 0 spiro atoms. The number of rotatable bonds is 7. The van der Waals surface area contributed by atoms with Gasteiger partial charge in [-0.15, -0.1) is 0 Å². The number of hydrogen-bond donors (Lipinski definition) is 3. The van der Waals surface area contributed by atoms with Gasteiger partial charge in [-0.3, -0.25) is 4.79 Å². The van der Waals surface area contributed by atoms with Gasteiger partial charge in [-0.25, -0.2) is 4.79 Å². The second-order valence-electron chi connectivity index (χ2n) is 5.51. The summed E-state index contributed by atoms with van der Waals surface area (Å²) in [6.45, 7) is 1.33. The maximum Gasteiger partial charge on any atom is 0.315 e. The molecule has 25 heavy (non-hydrogen) atoms. The van der Waals surface area contributed by atoms with E-state index in [1.807, 2.05) is 36.4 Å². The van der Waals surface area contributed by atoms with Gasteiger partial charge < -0.3 is 20.7 Å². The molecule has 0 atom stereocenters. The number of carbonyl (C=O) groups is 2. The normalized spacial score (nSPS) is 10.2. The number of ether oxygens (including phenoxy) is 1. The minimum atomic E-state index is -0.248. The molecule has 6 heteroatoms. The van der Waals surface area contributed by atoms with Crippen molar-refractivity contribution >= 4 is 11.9 Å². The fraction of sp³-hybridized carbons (Fsp3) is 0.263. The monoisotopic (exact) mass is 341 g/mol. The predicted molar refractivity (Wildman–Crippen MR) is 96.1 cm³/mol. The van der Waals surface area contributed by atoms with Gasteiger partial charge in [0.1, 0.15) is 0 Å². The molecule has 3 amide bonds. The Morgan fingerprint density at radius 2 is 1.56 bits per heavy atom. The Morgan fingerprint density at radius 3 is 2.20 bits per heavy atom. The summed E-state index contributed by atoms with van der Waals surface area (Å²) in [6.07, 6.45) is 0. The Labute approximate surface area is 147 Å². The van der Waals surface area contributed by atoms with Crippen molar-refractivity contribution in [3.8, 4) is 0 Å². The van der Waals surface area contributed by atoms with Crippen molar-refractivity contribution in [1.82, 2.24) is 16.0 Å². The van der Waals surface area contributed by atoms with Crippen LogP contribution in [0, 0.1) is 0 Å². The fourth-order valence-corrected chi connectivity index (χ4v) is 2.36. The predicted octanol–water partition coefficient (Wildman–Crippen LogP) is 2.19. The molecule has 0 aromatic heterocycles. The highest BCUT2D eigenvalue weighted by Crippen LogP contribution is 2.09. The Kier molecular flexibility index (Phi) is 6.98. The van der Waals surface area contributed by atoms with Crippen LogP contribution in [0.5, 0.6) is 0 Å². The lowest BCUT2D eigenvalue weighted by Crippen LogP contribution is -2.34. The van der Waals surface area contributed by atoms with Gasteiger partial charge in [0.15, 0.2) is 0 Å². The van der Waals surface area contributed by atoms with Crippen LogP contribution < -0.4 is 16.0 Å². The number of amides is 3. The van der Waals surface area contributed by atoms with Gasteiger partial charge in [0, 0.05) is 32.8 Å². The maximum absolute atomic E-state index is 12.0. The summed E-state index contributed by atoms with van der Waals surface area (Å²) in [4.78, 5) is 23.4. The van der Waals surface area contributed by atoms with E-state index in [0.717, 1.165) is 16.7 Å². The molecule has 0 saturated heterocycles. The van der Waals surface area contributed by atoms with E-state index in [1.54, 1.807) is 26.3 Å². The first-order chi connectivity index (χ1) is 12.1. The molecule has 0 fully saturated rings. The maximum atomic E-state index is 12.0. The summed E-state index contributed by atoms with van der Waals surface area (Å²) in [5.74, 6) is -0.132. The van der Waals surface area contributed by atoms with Crippen molar-refractivity contribution < 1.29 is 14.3 Å². The highest BCUT2D eigenvalue weighted by Gasteiger charge is 2.06. The van der Waals surface area contributed by atoms with Crippen LogP contribution in [0.2, 0.25) is 0 Å². The van der Waals surface area contributed by atoms with Crippen LogP contribution in [-0.2, 0) is 24.4 Å². The molecule has 2 aromatic carbocycles. The van der Waals surface area contributed by atoms with E-state index < -0.39 is 0 Å². The number of benzene rings is 2. The standard InChI is InChI=1S/C19H23N3O3/c1-20-18(23)15-9-7-14(8-10-15)11-21-19(24)22-12-16-5-3-4-6-17(16)13-25-2/h3-10H,11-13H2,1-2H3,(H,20,23)(H2,21,22,24). The third-order valence-electron chi connectivity index (χ3n) is 3.75. The highest BCUT2D eigenvalue weighted by molar-refractivity contribution is 5.93. The number of nitrogens with one attached hydrogen (secondary N) is 3. The Balaban J connectivity index is 1.82. The molecule has 3 N–H and O–H groups in total. The summed E-state index contributed by atoms with van der Waals surface area (Å²) < 4.78 is 5.16. The van der Waals surface area contributed by atoms with Gasteiger partial charge in [0.05, 0.1) is 6.61 Å². The minimum Gasteiger partial charge on any atom is -0.380 e. The van der Waals surface area contributed by atoms with Crippen LogP contribution in [0.1, 0.15) is 27.0 Å². The molecule has 6 nitrogen and oxygen atoms in total. The van der Waals surface area contributed by atoms with E-state index in [9.17, 15) is 9.59 Å². The second-order valence-corrected chi connectivity index (χ2v) is 5.51. The summed E-state index contributed by atoms with van der Waals surface area (Å²) in [5.41, 5.74) is 3.58. The summed E-state index contributed by atoms with van der Waals surface area (Å²) in [7, 11) is 3.24. The lowest BCUT2D eigenvalue weighted by Gasteiger charge is -2.11. The first-order valence-corrected chi connectivity index (χ1v) is 8.02. The fourth-order valence-electron chi connectivity index (χ4n) is 2.36. The molecule has 0 aliphatic rings. The molecular formula is C19H23N3O3. The molecular weight excluding hydrogens is 318 g/mol. The van der Waals surface area contributed by atoms with E-state index in [-0.39, 0.29) is 11.9 Å². The molecule has 0 saturated carbocycles. The zero-order valence-corrected chi connectivity index (χ0v) is 14.5. The second kappa shape index (κ2) is 9.44. The number of methoxy groups -OCH3 is 1. The van der Waals surface area contributed by atoms with Gasteiger partial charge in [0.2, 0.25) is 0 Å². The molecule has 2 rings (SSSR count). The molecule has 0 bridgehead atoms. The van der Waals surface area contributed by atoms with Crippen LogP contribution in [0.15, 0.2) is 48.5 Å². The Bertz CT molecular complexity index is 714. The first-order valence-electron chi connectivity index (χ1n) is 8.02. The van der Waals surface area contributed by atoms with E-state index in [1.165, 1.54) is 0 Å². The molecule has 132 valence electrons. The zero-order valence-electron chi connectivity index (χ0n) is 14.5. The quantitative estimate of drug-likeness (QED) is 0.722. The number of hydrogen-bond acceptors (Lipinski definition) is 3. The number of urea groups is 1. The summed E-state index contributed by atoms with van der Waals surface area (Å²) in [5, 5.41) is 8.21. The van der Waals surface area contributed by atoms with Crippen LogP contribution in [0.3, 0.4) is 0 Å². The average Bonchev–Trinajstić information content (AvgIpc) is 2.65. The van der Waals surface area contributed by atoms with Crippen molar-refractivity contribution in [2.45, 2.75) is 19.7 Å². The van der Waals surface area contributed by atoms with Crippen molar-refractivity contribution in [3.05, 3.63) is 70.8 Å². The topological polar surface area (TPSA) is 79.5 Å². The highest BCUT2D eigenvalue weighted by atomic mass is 16.5. The lowest BCUT2D eigenvalue weighted by atomic mass is 10.1. The van der Waals surface area contributed by atoms with E-state index >= 15 is 0 Å². The zero-order chi connectivity index (χ0) is 18.1. The average molecular weight is 341 g/mol. The van der Waals surface area contributed by atoms with Crippen LogP contribution in [-0.4, -0.2) is 26.1 Å². The van der Waals surface area contributed by atoms with Crippen LogP contribution >= 0.6 is 0 Å². The lowest BCUT2D eigenvalue weighted by molar-refractivity contribution is 0.0963. The largest absolute Gasteiger partial charge is 0.380 e. The van der Waals surface area contributed by atoms with Gasteiger partial charge in [-0.05, 0) is 28.8 Å². The summed E-state index contributed by atoms with van der Waals surface area (Å²) in [6, 6.07) is 14.7. The van der Waals surface area contributed by atoms with E-state index in [2.05, 4.69) is 16.0 Å². The van der Waals surface area contributed by atoms with Gasteiger partial charge >= 0.3 is 6.03 Å². The third-order valence-corrected chi connectivity index (χ3v) is 3.75. The van der Waals surface area contributed by atoms with Crippen molar-refractivity contribution in [2.75, 3.05) is 14.2 Å². The molecule has 0 heterocycles. The number of carbonyl (C=O) groups excluding carboxylic acids is 2. The minimum absolute atomic E-state index is 0.132. The van der Waals surface area contributed by atoms with Crippen molar-refractivity contribution in [2.24, 2.45) is 0 Å². The summed E-state index contributed by atoms with van der Waals surface area (Å²) >= 11 is 0. The molecule has 0 aliphatic carbocycles. The van der Waals surface area contributed by atoms with E-state index in [0.29, 0.717) is 25.3 Å². The van der Waals surface area contributed by atoms with Gasteiger partial charge in [-0.1, -0.05) is 36.4 Å². The Hall–Kier alpha value is -2.86. The Morgan fingerprint density at radius 1 is 0.920 bits per heavy atom. The van der Waals surface area contributed by atoms with Gasteiger partial charge in [-0.2, -0.15) is 0 Å². The van der Waals surface area contributed by atoms with Gasteiger partial charge in [0.25, 0.3) is 5.91 Å². The molecule has 2 aromatic rings. The molecule has 0 radical (unpaired) electrons. The van der Waals surface area contributed by atoms with Crippen LogP contribution in [0.25, 0.3) is 0 Å². The third kappa shape index (κ3) is 5.61. The van der Waals surface area contributed by atoms with Crippen molar-refractivity contribution in [1.29, 1.82) is 0 Å². The van der Waals surface area contributed by atoms with Crippen LogP contribution in [0.4, 0.5) is 4.79 Å². The smallest absolute Gasteiger partial charge is 0.315 e. The van der Waals surface area contributed by atoms with Crippen molar-refractivity contribution in [3.63, 3.8) is 0 Å². The van der Waals surface area contributed by atoms with E-state index in [4.69, 9.17) is 4.74 Å². The molecule has 0 unspecified atom stereocenters. The molecule has 0 aliphatic heterocycles. The first kappa shape index (κ1) is 18.5. The SMILES string of the molecule is CNC(=O)c1ccc(CNC(=O)NCc2ccccc2COC)cc1.